The maximum atomic E-state index is 12.8. The number of thiophene rings is 1. The molecule has 5 rings (SSSR count). The molecular formula is C25H27N5O3S. The number of nitrogens with one attached hydrogen (secondary N) is 2. The van der Waals surface area contributed by atoms with Crippen LogP contribution in [0, 0.1) is 0 Å². The minimum atomic E-state index is -0.143. The quantitative estimate of drug-likeness (QED) is 0.423. The Hall–Kier alpha value is -3.27. The number of aromatic amines is 1. The number of hydrogen-bond donors (Lipinski definition) is 2. The van der Waals surface area contributed by atoms with Crippen molar-refractivity contribution in [3.63, 3.8) is 0 Å². The number of rotatable bonds is 7. The molecule has 0 radical (unpaired) electrons. The fourth-order valence-electron chi connectivity index (χ4n) is 4.34. The Bertz CT molecular complexity index is 1340. The van der Waals surface area contributed by atoms with Gasteiger partial charge in [0.1, 0.15) is 16.4 Å². The Labute approximate surface area is 201 Å². The van der Waals surface area contributed by atoms with Crippen molar-refractivity contribution in [2.45, 2.75) is 19.9 Å². The summed E-state index contributed by atoms with van der Waals surface area (Å²) in [7, 11) is 0. The van der Waals surface area contributed by atoms with Gasteiger partial charge in [-0.3, -0.25) is 19.4 Å². The summed E-state index contributed by atoms with van der Waals surface area (Å²) in [6, 6.07) is 11.6. The summed E-state index contributed by atoms with van der Waals surface area (Å²) in [5.74, 6) is 1.34. The van der Waals surface area contributed by atoms with Crippen LogP contribution >= 0.6 is 11.3 Å². The zero-order chi connectivity index (χ0) is 23.5. The summed E-state index contributed by atoms with van der Waals surface area (Å²) >= 11 is 1.45. The second kappa shape index (κ2) is 9.92. The lowest BCUT2D eigenvalue weighted by Crippen LogP contribution is -2.48. The molecule has 0 unspecified atom stereocenters. The predicted molar refractivity (Wildman–Crippen MR) is 134 cm³/mol. The predicted octanol–water partition coefficient (Wildman–Crippen LogP) is 3.56. The molecule has 0 spiro atoms. The third-order valence-electron chi connectivity index (χ3n) is 6.16. The summed E-state index contributed by atoms with van der Waals surface area (Å²) in [5.41, 5.74) is 2.66. The number of fused-ring (bicyclic) bond motifs is 1. The number of carbonyl (C=O) groups is 1. The molecule has 1 fully saturated rings. The van der Waals surface area contributed by atoms with Crippen LogP contribution in [0.1, 0.15) is 18.3 Å². The van der Waals surface area contributed by atoms with E-state index in [2.05, 4.69) is 27.0 Å². The molecule has 1 amide bonds. The third kappa shape index (κ3) is 4.82. The van der Waals surface area contributed by atoms with E-state index in [0.717, 1.165) is 49.4 Å². The van der Waals surface area contributed by atoms with E-state index in [4.69, 9.17) is 9.40 Å². The highest BCUT2D eigenvalue weighted by Gasteiger charge is 2.21. The Kier molecular flexibility index (Phi) is 6.57. The molecule has 1 aromatic carbocycles. The molecule has 2 N–H and O–H groups in total. The van der Waals surface area contributed by atoms with E-state index in [0.29, 0.717) is 34.9 Å². The second-order valence-electron chi connectivity index (χ2n) is 8.43. The first-order chi connectivity index (χ1) is 16.6. The van der Waals surface area contributed by atoms with Gasteiger partial charge in [0.05, 0.1) is 24.7 Å². The number of hydrogen-bond acceptors (Lipinski definition) is 7. The van der Waals surface area contributed by atoms with E-state index in [-0.39, 0.29) is 11.5 Å². The number of aryl methyl sites for hydroxylation is 1. The van der Waals surface area contributed by atoms with Crippen molar-refractivity contribution in [1.82, 2.24) is 19.8 Å². The van der Waals surface area contributed by atoms with Crippen LogP contribution in [-0.2, 0) is 17.8 Å². The van der Waals surface area contributed by atoms with Crippen LogP contribution < -0.4 is 10.9 Å². The maximum absolute atomic E-state index is 12.8. The highest BCUT2D eigenvalue weighted by molar-refractivity contribution is 7.17. The van der Waals surface area contributed by atoms with Crippen LogP contribution in [0.3, 0.4) is 0 Å². The van der Waals surface area contributed by atoms with Gasteiger partial charge >= 0.3 is 0 Å². The largest absolute Gasteiger partial charge is 0.464 e. The van der Waals surface area contributed by atoms with Crippen molar-refractivity contribution in [1.29, 1.82) is 0 Å². The summed E-state index contributed by atoms with van der Waals surface area (Å²) in [5, 5.41) is 5.53. The second-order valence-corrected chi connectivity index (χ2v) is 9.29. The van der Waals surface area contributed by atoms with Gasteiger partial charge in [0.2, 0.25) is 5.91 Å². The molecule has 1 saturated heterocycles. The van der Waals surface area contributed by atoms with Crippen molar-refractivity contribution in [2.75, 3.05) is 38.0 Å². The first-order valence-corrected chi connectivity index (χ1v) is 12.4. The van der Waals surface area contributed by atoms with Gasteiger partial charge in [-0.1, -0.05) is 25.1 Å². The van der Waals surface area contributed by atoms with Crippen LogP contribution in [-0.4, -0.2) is 58.4 Å². The highest BCUT2D eigenvalue weighted by Crippen LogP contribution is 2.30. The molecule has 8 nitrogen and oxygen atoms in total. The smallest absolute Gasteiger partial charge is 0.260 e. The number of para-hydroxylation sites is 1. The molecule has 0 atom stereocenters. The number of amides is 1. The van der Waals surface area contributed by atoms with E-state index in [1.807, 2.05) is 41.8 Å². The van der Waals surface area contributed by atoms with Gasteiger partial charge in [-0.2, -0.15) is 0 Å². The van der Waals surface area contributed by atoms with Gasteiger partial charge in [0.15, 0.2) is 0 Å². The fourth-order valence-corrected chi connectivity index (χ4v) is 5.29. The number of nitrogens with zero attached hydrogens (tertiary/aromatic N) is 3. The minimum absolute atomic E-state index is 0.0101. The zero-order valence-corrected chi connectivity index (χ0v) is 19.9. The van der Waals surface area contributed by atoms with Crippen molar-refractivity contribution in [2.24, 2.45) is 0 Å². The van der Waals surface area contributed by atoms with E-state index in [1.165, 1.54) is 11.3 Å². The molecule has 9 heteroatoms. The van der Waals surface area contributed by atoms with E-state index in [1.54, 1.807) is 6.26 Å². The standard InChI is InChI=1S/C25H27N5O3S/c1-2-17-6-3-4-7-19(17)26-22(31)15-30-11-9-29(10-12-30)14-21-27-24(32)23-18(16-34-25(23)28-21)20-8-5-13-33-20/h3-8,13,16H,2,9-12,14-15H2,1H3,(H,26,31)(H,27,28,32). The minimum Gasteiger partial charge on any atom is -0.464 e. The zero-order valence-electron chi connectivity index (χ0n) is 19.0. The topological polar surface area (TPSA) is 94.5 Å². The molecule has 3 aromatic heterocycles. The highest BCUT2D eigenvalue weighted by atomic mass is 32.1. The molecule has 4 aromatic rings. The Morgan fingerprint density at radius 1 is 1.15 bits per heavy atom. The average molecular weight is 478 g/mol. The number of furan rings is 1. The van der Waals surface area contributed by atoms with Crippen molar-refractivity contribution in [3.8, 4) is 11.3 Å². The normalized spacial score (nSPS) is 15.1. The number of aromatic nitrogens is 2. The monoisotopic (exact) mass is 477 g/mol. The molecule has 34 heavy (non-hydrogen) atoms. The lowest BCUT2D eigenvalue weighted by atomic mass is 10.1. The van der Waals surface area contributed by atoms with E-state index >= 15 is 0 Å². The lowest BCUT2D eigenvalue weighted by molar-refractivity contribution is -0.117. The first-order valence-electron chi connectivity index (χ1n) is 11.5. The van der Waals surface area contributed by atoms with Crippen molar-refractivity contribution < 1.29 is 9.21 Å². The number of carbonyl (C=O) groups excluding carboxylic acids is 1. The summed E-state index contributed by atoms with van der Waals surface area (Å²) in [4.78, 5) is 38.1. The number of anilines is 1. The van der Waals surface area contributed by atoms with Crippen LogP contribution in [0.2, 0.25) is 0 Å². The number of benzene rings is 1. The van der Waals surface area contributed by atoms with Gasteiger partial charge in [-0.05, 0) is 30.2 Å². The van der Waals surface area contributed by atoms with E-state index < -0.39 is 0 Å². The molecule has 1 aliphatic rings. The van der Waals surface area contributed by atoms with Crippen LogP contribution in [0.4, 0.5) is 5.69 Å². The number of piperazine rings is 1. The molecular weight excluding hydrogens is 450 g/mol. The SMILES string of the molecule is CCc1ccccc1NC(=O)CN1CCN(Cc2nc3scc(-c4ccco4)c3c(=O)[nH]2)CC1. The summed E-state index contributed by atoms with van der Waals surface area (Å²) in [6.07, 6.45) is 2.48. The Morgan fingerprint density at radius 2 is 1.94 bits per heavy atom. The van der Waals surface area contributed by atoms with Crippen molar-refractivity contribution >= 4 is 33.1 Å². The van der Waals surface area contributed by atoms with Gasteiger partial charge in [0.25, 0.3) is 5.56 Å². The maximum Gasteiger partial charge on any atom is 0.260 e. The van der Waals surface area contributed by atoms with Gasteiger partial charge in [-0.25, -0.2) is 4.98 Å². The molecule has 1 aliphatic heterocycles. The van der Waals surface area contributed by atoms with Gasteiger partial charge in [0, 0.05) is 42.8 Å². The Morgan fingerprint density at radius 3 is 2.71 bits per heavy atom. The molecule has 0 saturated carbocycles. The van der Waals surface area contributed by atoms with E-state index in [9.17, 15) is 9.59 Å². The summed E-state index contributed by atoms with van der Waals surface area (Å²) < 4.78 is 5.46. The average Bonchev–Trinajstić information content (AvgIpc) is 3.51. The van der Waals surface area contributed by atoms with Crippen LogP contribution in [0.15, 0.2) is 57.3 Å². The van der Waals surface area contributed by atoms with Crippen LogP contribution in [0.5, 0.6) is 0 Å². The van der Waals surface area contributed by atoms with Gasteiger partial charge in [-0.15, -0.1) is 11.3 Å². The molecule has 0 bridgehead atoms. The molecule has 0 aliphatic carbocycles. The lowest BCUT2D eigenvalue weighted by Gasteiger charge is -2.33. The molecule has 4 heterocycles. The fraction of sp³-hybridized carbons (Fsp3) is 0.320. The Balaban J connectivity index is 1.17. The summed E-state index contributed by atoms with van der Waals surface area (Å²) in [6.45, 7) is 6.22. The number of H-pyrrole nitrogens is 1. The van der Waals surface area contributed by atoms with Crippen molar-refractivity contribution in [3.05, 3.63) is 69.8 Å². The molecule has 176 valence electrons. The third-order valence-corrected chi connectivity index (χ3v) is 7.03. The van der Waals surface area contributed by atoms with Gasteiger partial charge < -0.3 is 14.7 Å². The van der Waals surface area contributed by atoms with Crippen LogP contribution in [0.25, 0.3) is 21.5 Å². The first kappa shape index (κ1) is 22.5.